The Labute approximate surface area is 119 Å². The van der Waals surface area contributed by atoms with Crippen molar-refractivity contribution in [2.45, 2.75) is 24.1 Å². The number of hydrogen-bond acceptors (Lipinski definition) is 6. The second-order valence-electron chi connectivity index (χ2n) is 3.63. The predicted molar refractivity (Wildman–Crippen MR) is 74.6 cm³/mol. The molecule has 2 aromatic rings. The number of thiophene rings is 1. The summed E-state index contributed by atoms with van der Waals surface area (Å²) in [6.45, 7) is 2.20. The fourth-order valence-electron chi connectivity index (χ4n) is 1.35. The molecule has 0 saturated heterocycles. The van der Waals surface area contributed by atoms with Crippen LogP contribution in [0.2, 0.25) is 0 Å². The largest absolute Gasteiger partial charge is 0.250 e. The summed E-state index contributed by atoms with van der Waals surface area (Å²) in [5.74, 6) is 0. The summed E-state index contributed by atoms with van der Waals surface area (Å²) in [5, 5.41) is 9.43. The molecule has 0 bridgehead atoms. The van der Waals surface area contributed by atoms with Crippen LogP contribution in [-0.4, -0.2) is 13.4 Å². The highest BCUT2D eigenvalue weighted by Crippen LogP contribution is 2.21. The minimum absolute atomic E-state index is 0.149. The summed E-state index contributed by atoms with van der Waals surface area (Å²) >= 11 is 2.45. The van der Waals surface area contributed by atoms with Gasteiger partial charge in [-0.15, -0.1) is 22.7 Å². The van der Waals surface area contributed by atoms with Gasteiger partial charge in [0.15, 0.2) is 0 Å². The van der Waals surface area contributed by atoms with Crippen molar-refractivity contribution in [2.75, 3.05) is 0 Å². The molecule has 0 spiro atoms. The maximum absolute atomic E-state index is 12.0. The van der Waals surface area contributed by atoms with Crippen molar-refractivity contribution in [1.29, 1.82) is 5.26 Å². The first-order chi connectivity index (χ1) is 9.05. The number of thiazole rings is 1. The van der Waals surface area contributed by atoms with Crippen molar-refractivity contribution >= 4 is 32.7 Å². The number of sulfonamides is 1. The molecule has 0 amide bonds. The van der Waals surface area contributed by atoms with Gasteiger partial charge in [-0.2, -0.15) is 5.26 Å². The molecule has 0 fully saturated rings. The molecular formula is C11H11N3O2S3. The van der Waals surface area contributed by atoms with E-state index < -0.39 is 10.0 Å². The second kappa shape index (κ2) is 5.79. The quantitative estimate of drug-likeness (QED) is 0.916. The number of nitrogens with zero attached hydrogens (tertiary/aromatic N) is 2. The molecule has 0 unspecified atom stereocenters. The van der Waals surface area contributed by atoms with E-state index in [9.17, 15) is 8.42 Å². The molecule has 0 saturated carbocycles. The number of rotatable bonds is 5. The molecule has 2 heterocycles. The van der Waals surface area contributed by atoms with Crippen LogP contribution in [0, 0.1) is 11.3 Å². The number of aromatic nitrogens is 1. The van der Waals surface area contributed by atoms with Crippen molar-refractivity contribution in [1.82, 2.24) is 9.71 Å². The third-order valence-electron chi connectivity index (χ3n) is 2.32. The Bertz CT molecular complexity index is 710. The number of hydrogen-bond donors (Lipinski definition) is 1. The van der Waals surface area contributed by atoms with Crippen LogP contribution in [0.15, 0.2) is 22.5 Å². The lowest BCUT2D eigenvalue weighted by molar-refractivity contribution is 0.583. The van der Waals surface area contributed by atoms with Crippen LogP contribution in [0.3, 0.4) is 0 Å². The normalized spacial score (nSPS) is 11.4. The first-order valence-electron chi connectivity index (χ1n) is 5.48. The van der Waals surface area contributed by atoms with E-state index in [1.165, 1.54) is 23.5 Å². The van der Waals surface area contributed by atoms with Gasteiger partial charge in [-0.25, -0.2) is 18.1 Å². The van der Waals surface area contributed by atoms with Crippen molar-refractivity contribution < 1.29 is 8.42 Å². The van der Waals surface area contributed by atoms with Gasteiger partial charge in [0.05, 0.1) is 6.54 Å². The van der Waals surface area contributed by atoms with Crippen molar-refractivity contribution in [3.8, 4) is 6.07 Å². The second-order valence-corrected chi connectivity index (χ2v) is 7.91. The molecule has 0 aliphatic rings. The lowest BCUT2D eigenvalue weighted by Gasteiger charge is -2.01. The highest BCUT2D eigenvalue weighted by molar-refractivity contribution is 7.91. The Morgan fingerprint density at radius 2 is 2.21 bits per heavy atom. The minimum Gasteiger partial charge on any atom is -0.248 e. The van der Waals surface area contributed by atoms with Gasteiger partial charge in [-0.05, 0) is 18.6 Å². The summed E-state index contributed by atoms with van der Waals surface area (Å²) in [6, 6.07) is 4.85. The van der Waals surface area contributed by atoms with E-state index in [-0.39, 0.29) is 10.8 Å². The van der Waals surface area contributed by atoms with E-state index in [0.29, 0.717) is 4.88 Å². The fourth-order valence-corrected chi connectivity index (χ4v) is 4.37. The summed E-state index contributed by atoms with van der Waals surface area (Å²) in [7, 11) is -3.56. The Hall–Kier alpha value is -1.27. The molecule has 100 valence electrons. The molecular weight excluding hydrogens is 302 g/mol. The van der Waals surface area contributed by atoms with E-state index in [4.69, 9.17) is 5.26 Å². The first-order valence-corrected chi connectivity index (χ1v) is 8.60. The Kier molecular flexibility index (Phi) is 4.31. The van der Waals surface area contributed by atoms with Crippen LogP contribution in [0.5, 0.6) is 0 Å². The van der Waals surface area contributed by atoms with E-state index in [2.05, 4.69) is 9.71 Å². The molecule has 1 N–H and O–H groups in total. The zero-order valence-electron chi connectivity index (χ0n) is 10.1. The molecule has 8 heteroatoms. The van der Waals surface area contributed by atoms with Gasteiger partial charge in [0.2, 0.25) is 10.0 Å². The predicted octanol–water partition coefficient (Wildman–Crippen LogP) is 2.12. The lowest BCUT2D eigenvalue weighted by atomic mass is 10.4. The molecule has 0 atom stereocenters. The van der Waals surface area contributed by atoms with Crippen LogP contribution >= 0.6 is 22.7 Å². The summed E-state index contributed by atoms with van der Waals surface area (Å²) < 4.78 is 26.6. The number of aryl methyl sites for hydroxylation is 1. The van der Waals surface area contributed by atoms with Gasteiger partial charge in [0, 0.05) is 11.1 Å². The maximum atomic E-state index is 12.0. The van der Waals surface area contributed by atoms with E-state index in [0.717, 1.165) is 27.6 Å². The molecule has 5 nitrogen and oxygen atoms in total. The average Bonchev–Trinajstić information content (AvgIpc) is 3.05. The maximum Gasteiger partial charge on any atom is 0.250 e. The van der Waals surface area contributed by atoms with Gasteiger partial charge < -0.3 is 0 Å². The fraction of sp³-hybridized carbons (Fsp3) is 0.273. The van der Waals surface area contributed by atoms with Gasteiger partial charge in [-0.3, -0.25) is 0 Å². The summed E-state index contributed by atoms with van der Waals surface area (Å²) in [5.41, 5.74) is 0. The van der Waals surface area contributed by atoms with E-state index in [1.807, 2.05) is 13.0 Å². The SMILES string of the molecule is CCc1cnc(CNS(=O)(=O)c2ccc(C#N)s2)s1. The van der Waals surface area contributed by atoms with Crippen LogP contribution in [0.4, 0.5) is 0 Å². The Balaban J connectivity index is 2.07. The van der Waals surface area contributed by atoms with E-state index >= 15 is 0 Å². The van der Waals surface area contributed by atoms with Crippen molar-refractivity contribution in [2.24, 2.45) is 0 Å². The van der Waals surface area contributed by atoms with E-state index in [1.54, 1.807) is 6.20 Å². The smallest absolute Gasteiger partial charge is 0.248 e. The molecule has 0 aromatic carbocycles. The highest BCUT2D eigenvalue weighted by Gasteiger charge is 2.17. The van der Waals surface area contributed by atoms with Crippen LogP contribution in [0.1, 0.15) is 21.7 Å². The summed E-state index contributed by atoms with van der Waals surface area (Å²) in [6.07, 6.45) is 2.65. The zero-order valence-corrected chi connectivity index (χ0v) is 12.5. The first kappa shape index (κ1) is 14.1. The van der Waals surface area contributed by atoms with Gasteiger partial charge in [0.25, 0.3) is 0 Å². The monoisotopic (exact) mass is 313 g/mol. The van der Waals surface area contributed by atoms with Gasteiger partial charge in [-0.1, -0.05) is 6.92 Å². The summed E-state index contributed by atoms with van der Waals surface area (Å²) in [4.78, 5) is 5.65. The third kappa shape index (κ3) is 3.39. The average molecular weight is 313 g/mol. The third-order valence-corrected chi connectivity index (χ3v) is 6.34. The molecule has 0 aliphatic carbocycles. The molecule has 0 aliphatic heterocycles. The molecule has 2 rings (SSSR count). The standard InChI is InChI=1S/C11H11N3O2S3/c1-2-8-6-13-10(17-8)7-14-19(15,16)11-4-3-9(5-12)18-11/h3-4,6,14H,2,7H2,1H3. The van der Waals surface area contributed by atoms with Gasteiger partial charge >= 0.3 is 0 Å². The van der Waals surface area contributed by atoms with Crippen molar-refractivity contribution in [3.05, 3.63) is 33.1 Å². The van der Waals surface area contributed by atoms with Gasteiger partial charge in [0.1, 0.15) is 20.2 Å². The van der Waals surface area contributed by atoms with Crippen LogP contribution < -0.4 is 4.72 Å². The van der Waals surface area contributed by atoms with Crippen molar-refractivity contribution in [3.63, 3.8) is 0 Å². The Morgan fingerprint density at radius 3 is 2.79 bits per heavy atom. The molecule has 19 heavy (non-hydrogen) atoms. The highest BCUT2D eigenvalue weighted by atomic mass is 32.2. The van der Waals surface area contributed by atoms with Crippen LogP contribution in [-0.2, 0) is 23.0 Å². The minimum atomic E-state index is -3.56. The molecule has 0 radical (unpaired) electrons. The number of nitriles is 1. The molecule has 2 aromatic heterocycles. The van der Waals surface area contributed by atoms with Crippen LogP contribution in [0.25, 0.3) is 0 Å². The topological polar surface area (TPSA) is 82.8 Å². The zero-order chi connectivity index (χ0) is 13.9. The Morgan fingerprint density at radius 1 is 1.42 bits per heavy atom. The number of nitrogens with one attached hydrogen (secondary N) is 1. The lowest BCUT2D eigenvalue weighted by Crippen LogP contribution is -2.22.